The molecule has 2 atom stereocenters. The van der Waals surface area contributed by atoms with Crippen LogP contribution in [0, 0.1) is 19.8 Å². The second-order valence-electron chi connectivity index (χ2n) is 6.64. The number of pyridine rings is 1. The van der Waals surface area contributed by atoms with Gasteiger partial charge in [-0.05, 0) is 32.4 Å². The fraction of sp³-hybridized carbons (Fsp3) is 0.444. The first-order valence-corrected chi connectivity index (χ1v) is 8.87. The molecule has 1 saturated heterocycles. The first-order valence-electron chi connectivity index (χ1n) is 8.87. The molecule has 0 bridgehead atoms. The van der Waals surface area contributed by atoms with Crippen LogP contribution in [-0.2, 0) is 11.3 Å². The maximum atomic E-state index is 5.85. The standard InChI is InChI=1S/C18H23N7O/c1-12-15(11-25(24-12)16-3-6-19-7-4-16)10-20-9-14-5-8-26-17(14)18-21-13(2)22-23-18/h3-4,6-7,11,14,17,20H,5,8-10H2,1-2H3,(H,21,22,23)/t14-,17-/m0/s1. The molecule has 0 aromatic carbocycles. The van der Waals surface area contributed by atoms with Crippen molar-refractivity contribution in [1.29, 1.82) is 0 Å². The van der Waals surface area contributed by atoms with E-state index in [1.807, 2.05) is 30.7 Å². The van der Waals surface area contributed by atoms with Crippen LogP contribution in [0.1, 0.15) is 35.4 Å². The molecule has 4 heterocycles. The molecular formula is C18H23N7O. The zero-order chi connectivity index (χ0) is 17.9. The maximum Gasteiger partial charge on any atom is 0.179 e. The van der Waals surface area contributed by atoms with Crippen LogP contribution in [0.25, 0.3) is 5.69 Å². The zero-order valence-electron chi connectivity index (χ0n) is 15.0. The summed E-state index contributed by atoms with van der Waals surface area (Å²) in [5, 5.41) is 15.3. The quantitative estimate of drug-likeness (QED) is 0.703. The van der Waals surface area contributed by atoms with Crippen LogP contribution in [0.15, 0.2) is 30.7 Å². The highest BCUT2D eigenvalue weighted by Gasteiger charge is 2.32. The van der Waals surface area contributed by atoms with Crippen LogP contribution in [-0.4, -0.2) is 43.1 Å². The average Bonchev–Trinajstić information content (AvgIpc) is 3.36. The summed E-state index contributed by atoms with van der Waals surface area (Å²) in [5.74, 6) is 1.95. The van der Waals surface area contributed by atoms with Gasteiger partial charge in [0.15, 0.2) is 5.82 Å². The second kappa shape index (κ2) is 7.35. The first-order chi connectivity index (χ1) is 12.7. The van der Waals surface area contributed by atoms with E-state index >= 15 is 0 Å². The lowest BCUT2D eigenvalue weighted by Gasteiger charge is -2.16. The smallest absolute Gasteiger partial charge is 0.179 e. The molecule has 26 heavy (non-hydrogen) atoms. The van der Waals surface area contributed by atoms with Crippen molar-refractivity contribution < 1.29 is 4.74 Å². The summed E-state index contributed by atoms with van der Waals surface area (Å²) in [7, 11) is 0. The van der Waals surface area contributed by atoms with Gasteiger partial charge in [-0.3, -0.25) is 10.1 Å². The fourth-order valence-electron chi connectivity index (χ4n) is 3.31. The van der Waals surface area contributed by atoms with Crippen LogP contribution in [0.4, 0.5) is 0 Å². The van der Waals surface area contributed by atoms with Gasteiger partial charge in [0.25, 0.3) is 0 Å². The average molecular weight is 353 g/mol. The third-order valence-corrected chi connectivity index (χ3v) is 4.73. The van der Waals surface area contributed by atoms with Gasteiger partial charge >= 0.3 is 0 Å². The molecule has 0 radical (unpaired) electrons. The van der Waals surface area contributed by atoms with Crippen molar-refractivity contribution in [2.24, 2.45) is 5.92 Å². The fourth-order valence-corrected chi connectivity index (χ4v) is 3.31. The Bertz CT molecular complexity index is 858. The van der Waals surface area contributed by atoms with E-state index in [1.54, 1.807) is 12.4 Å². The molecule has 8 heteroatoms. The molecule has 1 fully saturated rings. The SMILES string of the molecule is Cc1nc([C@H]2OCC[C@H]2CNCc2cn(-c3ccncc3)nc2C)n[nH]1. The molecule has 2 N–H and O–H groups in total. The number of H-pyrrole nitrogens is 1. The van der Waals surface area contributed by atoms with Gasteiger partial charge in [-0.15, -0.1) is 0 Å². The minimum absolute atomic E-state index is 0.0342. The molecule has 1 aliphatic heterocycles. The number of aryl methyl sites for hydroxylation is 2. The summed E-state index contributed by atoms with van der Waals surface area (Å²) < 4.78 is 7.74. The van der Waals surface area contributed by atoms with Crippen molar-refractivity contribution >= 4 is 0 Å². The molecule has 0 amide bonds. The van der Waals surface area contributed by atoms with Crippen molar-refractivity contribution in [3.8, 4) is 5.69 Å². The normalized spacial score (nSPS) is 19.9. The molecule has 3 aromatic rings. The van der Waals surface area contributed by atoms with Crippen molar-refractivity contribution in [1.82, 2.24) is 35.3 Å². The highest BCUT2D eigenvalue weighted by Crippen LogP contribution is 2.32. The highest BCUT2D eigenvalue weighted by atomic mass is 16.5. The van der Waals surface area contributed by atoms with Gasteiger partial charge in [0, 0.05) is 49.8 Å². The lowest BCUT2D eigenvalue weighted by Crippen LogP contribution is -2.25. The van der Waals surface area contributed by atoms with E-state index in [9.17, 15) is 0 Å². The van der Waals surface area contributed by atoms with Crippen LogP contribution in [0.2, 0.25) is 0 Å². The molecule has 0 saturated carbocycles. The van der Waals surface area contributed by atoms with Gasteiger partial charge in [-0.1, -0.05) is 0 Å². The van der Waals surface area contributed by atoms with Gasteiger partial charge in [-0.25, -0.2) is 9.67 Å². The van der Waals surface area contributed by atoms with Crippen LogP contribution in [0.3, 0.4) is 0 Å². The van der Waals surface area contributed by atoms with Crippen molar-refractivity contribution in [3.05, 3.63) is 53.6 Å². The topological polar surface area (TPSA) is 93.5 Å². The van der Waals surface area contributed by atoms with Gasteiger partial charge < -0.3 is 10.1 Å². The largest absolute Gasteiger partial charge is 0.370 e. The minimum atomic E-state index is -0.0342. The number of aromatic nitrogens is 6. The Morgan fingerprint density at radius 2 is 2.15 bits per heavy atom. The molecule has 3 aromatic heterocycles. The van der Waals surface area contributed by atoms with Gasteiger partial charge in [0.2, 0.25) is 0 Å². The van der Waals surface area contributed by atoms with Crippen molar-refractivity contribution in [2.45, 2.75) is 32.9 Å². The van der Waals surface area contributed by atoms with E-state index in [2.05, 4.69) is 36.8 Å². The Balaban J connectivity index is 1.37. The molecule has 4 rings (SSSR count). The van der Waals surface area contributed by atoms with E-state index in [4.69, 9.17) is 4.74 Å². The first kappa shape index (κ1) is 16.9. The number of hydrogen-bond donors (Lipinski definition) is 2. The van der Waals surface area contributed by atoms with E-state index < -0.39 is 0 Å². The molecule has 0 unspecified atom stereocenters. The predicted molar refractivity (Wildman–Crippen MR) is 95.7 cm³/mol. The number of rotatable bonds is 6. The summed E-state index contributed by atoms with van der Waals surface area (Å²) in [4.78, 5) is 8.47. The predicted octanol–water partition coefficient (Wildman–Crippen LogP) is 1.87. The van der Waals surface area contributed by atoms with E-state index in [-0.39, 0.29) is 6.10 Å². The number of aromatic amines is 1. The summed E-state index contributed by atoms with van der Waals surface area (Å²) in [6.07, 6.45) is 6.59. The molecule has 0 aliphatic carbocycles. The van der Waals surface area contributed by atoms with E-state index in [1.165, 1.54) is 5.56 Å². The van der Waals surface area contributed by atoms with Crippen LogP contribution in [0.5, 0.6) is 0 Å². The van der Waals surface area contributed by atoms with Crippen LogP contribution >= 0.6 is 0 Å². The Hall–Kier alpha value is -2.58. The molecule has 136 valence electrons. The molecule has 1 aliphatic rings. The monoisotopic (exact) mass is 353 g/mol. The Morgan fingerprint density at radius 1 is 1.31 bits per heavy atom. The van der Waals surface area contributed by atoms with Gasteiger partial charge in [-0.2, -0.15) is 10.2 Å². The number of nitrogens with one attached hydrogen (secondary N) is 2. The third kappa shape index (κ3) is 3.51. The third-order valence-electron chi connectivity index (χ3n) is 4.73. The molecule has 0 spiro atoms. The Labute approximate surface area is 152 Å². The zero-order valence-corrected chi connectivity index (χ0v) is 15.0. The molecular weight excluding hydrogens is 330 g/mol. The Kier molecular flexibility index (Phi) is 4.77. The lowest BCUT2D eigenvalue weighted by molar-refractivity contribution is 0.0835. The van der Waals surface area contributed by atoms with Gasteiger partial charge in [0.1, 0.15) is 11.9 Å². The number of hydrogen-bond acceptors (Lipinski definition) is 6. The summed E-state index contributed by atoms with van der Waals surface area (Å²) in [6, 6.07) is 3.89. The second-order valence-corrected chi connectivity index (χ2v) is 6.64. The summed E-state index contributed by atoms with van der Waals surface area (Å²) in [6.45, 7) is 6.32. The van der Waals surface area contributed by atoms with Crippen molar-refractivity contribution in [3.63, 3.8) is 0 Å². The number of ether oxygens (including phenoxy) is 1. The van der Waals surface area contributed by atoms with E-state index in [0.29, 0.717) is 5.92 Å². The highest BCUT2D eigenvalue weighted by molar-refractivity contribution is 5.30. The lowest BCUT2D eigenvalue weighted by atomic mass is 10.0. The maximum absolute atomic E-state index is 5.85. The summed E-state index contributed by atoms with van der Waals surface area (Å²) in [5.41, 5.74) is 3.22. The number of nitrogens with zero attached hydrogens (tertiary/aromatic N) is 5. The van der Waals surface area contributed by atoms with E-state index in [0.717, 1.165) is 49.1 Å². The molecule has 8 nitrogen and oxygen atoms in total. The Morgan fingerprint density at radius 3 is 2.92 bits per heavy atom. The van der Waals surface area contributed by atoms with Crippen molar-refractivity contribution in [2.75, 3.05) is 13.2 Å². The summed E-state index contributed by atoms with van der Waals surface area (Å²) >= 11 is 0. The van der Waals surface area contributed by atoms with Crippen LogP contribution < -0.4 is 5.32 Å². The minimum Gasteiger partial charge on any atom is -0.370 e. The van der Waals surface area contributed by atoms with Gasteiger partial charge in [0.05, 0.1) is 11.4 Å².